The van der Waals surface area contributed by atoms with Crippen LogP contribution in [0.25, 0.3) is 0 Å². The standard InChI is InChI=1S/C18H20BCl2NO3S/c1-18(2,3)25-17(24)14(8-11-7-10(19)9-26-11)22-16(23)15-12(20)5-4-6-13(15)21/h4-7,9,14H,8,19H2,1-3H3,(H,22,23). The molecule has 0 aliphatic rings. The second-order valence-electron chi connectivity index (χ2n) is 6.95. The van der Waals surface area contributed by atoms with Crippen LogP contribution in [0.3, 0.4) is 0 Å². The van der Waals surface area contributed by atoms with Gasteiger partial charge in [0.1, 0.15) is 19.5 Å². The minimum absolute atomic E-state index is 0.145. The van der Waals surface area contributed by atoms with Crippen molar-refractivity contribution in [2.75, 3.05) is 0 Å². The number of nitrogens with one attached hydrogen (secondary N) is 1. The van der Waals surface area contributed by atoms with Crippen LogP contribution in [-0.2, 0) is 16.0 Å². The number of amides is 1. The van der Waals surface area contributed by atoms with E-state index in [1.165, 1.54) is 11.3 Å². The summed E-state index contributed by atoms with van der Waals surface area (Å²) >= 11 is 13.7. The summed E-state index contributed by atoms with van der Waals surface area (Å²) in [5.74, 6) is -1.01. The maximum atomic E-state index is 12.7. The third kappa shape index (κ3) is 5.76. The van der Waals surface area contributed by atoms with Gasteiger partial charge < -0.3 is 10.1 Å². The van der Waals surface area contributed by atoms with Crippen molar-refractivity contribution >= 4 is 59.7 Å². The van der Waals surface area contributed by atoms with Crippen LogP contribution in [0.5, 0.6) is 0 Å². The number of ether oxygens (including phenoxy) is 1. The van der Waals surface area contributed by atoms with E-state index < -0.39 is 23.5 Å². The molecule has 1 atom stereocenters. The van der Waals surface area contributed by atoms with Crippen LogP contribution in [0.2, 0.25) is 10.0 Å². The zero-order valence-corrected chi connectivity index (χ0v) is 17.4. The Bertz CT molecular complexity index is 797. The molecule has 0 saturated heterocycles. The number of carbonyl (C=O) groups is 2. The fraction of sp³-hybridized carbons (Fsp3) is 0.333. The maximum absolute atomic E-state index is 12.7. The first-order valence-corrected chi connectivity index (χ1v) is 9.72. The molecule has 1 amide bonds. The molecule has 0 aliphatic heterocycles. The molecular weight excluding hydrogens is 392 g/mol. The molecule has 0 fully saturated rings. The van der Waals surface area contributed by atoms with Gasteiger partial charge in [-0.15, -0.1) is 11.3 Å². The minimum Gasteiger partial charge on any atom is -0.458 e. The van der Waals surface area contributed by atoms with Gasteiger partial charge in [-0.25, -0.2) is 4.79 Å². The number of thiophene rings is 1. The fourth-order valence-corrected chi connectivity index (χ4v) is 3.80. The highest BCUT2D eigenvalue weighted by molar-refractivity contribution is 7.10. The van der Waals surface area contributed by atoms with Crippen LogP contribution >= 0.6 is 34.5 Å². The number of carbonyl (C=O) groups excluding carboxylic acids is 2. The van der Waals surface area contributed by atoms with Gasteiger partial charge in [0.05, 0.1) is 15.6 Å². The van der Waals surface area contributed by atoms with Crippen LogP contribution in [0.15, 0.2) is 29.6 Å². The third-order valence-electron chi connectivity index (χ3n) is 3.38. The molecule has 0 radical (unpaired) electrons. The first-order valence-electron chi connectivity index (χ1n) is 8.08. The fourth-order valence-electron chi connectivity index (χ4n) is 2.31. The Morgan fingerprint density at radius 1 is 1.27 bits per heavy atom. The van der Waals surface area contributed by atoms with Gasteiger partial charge in [-0.05, 0) is 38.3 Å². The first-order chi connectivity index (χ1) is 12.1. The zero-order chi connectivity index (χ0) is 19.5. The number of rotatable bonds is 5. The molecule has 4 nitrogen and oxygen atoms in total. The van der Waals surface area contributed by atoms with Crippen molar-refractivity contribution in [1.29, 1.82) is 0 Å². The molecule has 1 aromatic heterocycles. The van der Waals surface area contributed by atoms with E-state index in [1.807, 2.05) is 19.3 Å². The van der Waals surface area contributed by atoms with Crippen molar-refractivity contribution in [3.05, 3.63) is 50.1 Å². The molecular formula is C18H20BCl2NO3S. The average Bonchev–Trinajstić information content (AvgIpc) is 2.90. The molecule has 0 spiro atoms. The number of benzene rings is 1. The van der Waals surface area contributed by atoms with Crippen LogP contribution in [0.4, 0.5) is 0 Å². The summed E-state index contributed by atoms with van der Waals surface area (Å²) in [6.07, 6.45) is 0.335. The lowest BCUT2D eigenvalue weighted by atomic mass is 9.99. The summed E-state index contributed by atoms with van der Waals surface area (Å²) in [5.41, 5.74) is 0.591. The van der Waals surface area contributed by atoms with Crippen molar-refractivity contribution in [3.8, 4) is 0 Å². The van der Waals surface area contributed by atoms with Crippen LogP contribution < -0.4 is 10.8 Å². The monoisotopic (exact) mass is 411 g/mol. The van der Waals surface area contributed by atoms with Crippen molar-refractivity contribution in [1.82, 2.24) is 5.32 Å². The summed E-state index contributed by atoms with van der Waals surface area (Å²) in [7, 11) is 1.98. The zero-order valence-electron chi connectivity index (χ0n) is 15.1. The Morgan fingerprint density at radius 2 is 1.88 bits per heavy atom. The molecule has 8 heteroatoms. The van der Waals surface area contributed by atoms with E-state index >= 15 is 0 Å². The predicted molar refractivity (Wildman–Crippen MR) is 110 cm³/mol. The summed E-state index contributed by atoms with van der Waals surface area (Å²) in [4.78, 5) is 26.3. The highest BCUT2D eigenvalue weighted by Crippen LogP contribution is 2.24. The van der Waals surface area contributed by atoms with Gasteiger partial charge in [-0.1, -0.05) is 40.8 Å². The summed E-state index contributed by atoms with van der Waals surface area (Å²) < 4.78 is 5.46. The Hall–Kier alpha value is -1.50. The summed E-state index contributed by atoms with van der Waals surface area (Å²) in [5, 5.41) is 5.17. The largest absolute Gasteiger partial charge is 0.458 e. The average molecular weight is 412 g/mol. The molecule has 1 heterocycles. The van der Waals surface area contributed by atoms with E-state index in [9.17, 15) is 9.59 Å². The van der Waals surface area contributed by atoms with Gasteiger partial charge in [-0.3, -0.25) is 4.79 Å². The van der Waals surface area contributed by atoms with Gasteiger partial charge in [0, 0.05) is 11.3 Å². The van der Waals surface area contributed by atoms with Crippen molar-refractivity contribution < 1.29 is 14.3 Å². The second kappa shape index (κ2) is 8.46. The Labute approximate surface area is 168 Å². The van der Waals surface area contributed by atoms with E-state index in [4.69, 9.17) is 27.9 Å². The number of halogens is 2. The van der Waals surface area contributed by atoms with Gasteiger partial charge in [0.15, 0.2) is 0 Å². The third-order valence-corrected chi connectivity index (χ3v) is 5.08. The topological polar surface area (TPSA) is 55.4 Å². The predicted octanol–water partition coefficient (Wildman–Crippen LogP) is 3.00. The second-order valence-corrected chi connectivity index (χ2v) is 8.76. The molecule has 0 bridgehead atoms. The highest BCUT2D eigenvalue weighted by atomic mass is 35.5. The van der Waals surface area contributed by atoms with Gasteiger partial charge in [0.2, 0.25) is 0 Å². The lowest BCUT2D eigenvalue weighted by molar-refractivity contribution is -0.157. The molecule has 1 unspecified atom stereocenters. The molecule has 0 saturated carbocycles. The normalized spacial score (nSPS) is 12.5. The lowest BCUT2D eigenvalue weighted by Crippen LogP contribution is -2.45. The summed E-state index contributed by atoms with van der Waals surface area (Å²) in [6, 6.07) is 5.95. The summed E-state index contributed by atoms with van der Waals surface area (Å²) in [6.45, 7) is 5.35. The molecule has 0 aliphatic carbocycles. The van der Waals surface area contributed by atoms with Gasteiger partial charge in [0.25, 0.3) is 5.91 Å². The smallest absolute Gasteiger partial charge is 0.329 e. The number of hydrogen-bond acceptors (Lipinski definition) is 4. The molecule has 2 aromatic rings. The number of hydrogen-bond donors (Lipinski definition) is 1. The molecule has 1 N–H and O–H groups in total. The van der Waals surface area contributed by atoms with Gasteiger partial charge in [-0.2, -0.15) is 0 Å². The molecule has 1 aromatic carbocycles. The van der Waals surface area contributed by atoms with Gasteiger partial charge >= 0.3 is 5.97 Å². The van der Waals surface area contributed by atoms with Crippen molar-refractivity contribution in [3.63, 3.8) is 0 Å². The van der Waals surface area contributed by atoms with E-state index in [1.54, 1.807) is 39.0 Å². The Morgan fingerprint density at radius 3 is 2.38 bits per heavy atom. The SMILES string of the molecule is Bc1csc(CC(NC(=O)c2c(Cl)cccc2Cl)C(=O)OC(C)(C)C)c1. The Kier molecular flexibility index (Phi) is 6.77. The highest BCUT2D eigenvalue weighted by Gasteiger charge is 2.29. The Balaban J connectivity index is 2.25. The molecule has 26 heavy (non-hydrogen) atoms. The van der Waals surface area contributed by atoms with E-state index in [0.717, 1.165) is 10.3 Å². The van der Waals surface area contributed by atoms with Crippen molar-refractivity contribution in [2.24, 2.45) is 0 Å². The van der Waals surface area contributed by atoms with E-state index in [2.05, 4.69) is 5.32 Å². The van der Waals surface area contributed by atoms with Crippen LogP contribution in [0.1, 0.15) is 36.0 Å². The van der Waals surface area contributed by atoms with E-state index in [0.29, 0.717) is 6.42 Å². The lowest BCUT2D eigenvalue weighted by Gasteiger charge is -2.24. The first kappa shape index (κ1) is 20.8. The minimum atomic E-state index is -0.841. The van der Waals surface area contributed by atoms with Crippen LogP contribution in [-0.4, -0.2) is 31.4 Å². The number of esters is 1. The quantitative estimate of drug-likeness (QED) is 0.607. The van der Waals surface area contributed by atoms with E-state index in [-0.39, 0.29) is 15.6 Å². The molecule has 138 valence electrons. The van der Waals surface area contributed by atoms with Crippen LogP contribution in [0, 0.1) is 0 Å². The van der Waals surface area contributed by atoms with Crippen molar-refractivity contribution in [2.45, 2.75) is 38.8 Å². The molecule has 2 rings (SSSR count). The maximum Gasteiger partial charge on any atom is 0.329 e.